The molecule has 0 spiro atoms. The Labute approximate surface area is 482 Å². The van der Waals surface area contributed by atoms with Gasteiger partial charge in [-0.2, -0.15) is 45.3 Å². The third-order valence-corrected chi connectivity index (χ3v) is 16.8. The van der Waals surface area contributed by atoms with Crippen molar-refractivity contribution < 1.29 is 109 Å². The standard InChI is InChI=1S/C49H48ClF10N8O14PS2/c1-45(2,21-65(20-37(71)72)44(73)81-23-82-83(74,75)76)17-36(70)68(84(77)78)18-34-39-32(50)9-8-29(41(39)67(63-34)22-47(53,54)55)28-7-6-27(10-11-46(3,4)85(5,79)80)61-40(28)33(14-24-12-25(51)15-26(52)13-24)62-35(69)19-66-43-38(42(64-66)49(58,59)60)30-16-31(30)48(43,56)57/h6-9,12-13,15,30-31,33H,14,16-23H2,1-5H3,(H,62,69)(H,71,72)(H,77,78)(H2,74,75,76)/t30-,31+,33?/m0/s1. The molecule has 0 bridgehead atoms. The Kier molecular flexibility index (Phi) is 18.5. The molecular weight excluding hydrogens is 1250 g/mol. The Balaban J connectivity index is 1.37. The highest BCUT2D eigenvalue weighted by atomic mass is 35.5. The summed E-state index contributed by atoms with van der Waals surface area (Å²) in [6.45, 7) is -2.71. The quantitative estimate of drug-likeness (QED) is 0.0154. The normalized spacial score (nSPS) is 16.6. The van der Waals surface area contributed by atoms with Gasteiger partial charge in [0.1, 0.15) is 47.4 Å². The summed E-state index contributed by atoms with van der Waals surface area (Å²) in [5.74, 6) is -8.23. The summed E-state index contributed by atoms with van der Waals surface area (Å²) >= 11 is 3.34. The third-order valence-electron chi connectivity index (χ3n) is 13.4. The fourth-order valence-corrected chi connectivity index (χ4v) is 10.6. The number of rotatable bonds is 21. The SMILES string of the molecule is CC(C)(CC(=O)N(Cc1nn(CC(F)(F)F)c2c(-c3ccc(C#CC(C)(C)S(C)(=O)=O)nc3C(Cc3cc(F)cc(F)c3)NC(=O)Cn3nc(C(F)(F)F)c4c3C(F)(F)[C@@H]3C[C@H]43)ccc(Cl)c12)S(=O)O)CN(CC(=O)O)C(=O)OCOP(=O)(O)O. The number of fused-ring (bicyclic) bond motifs is 4. The van der Waals surface area contributed by atoms with Crippen LogP contribution < -0.4 is 5.32 Å². The van der Waals surface area contributed by atoms with Crippen molar-refractivity contribution in [3.05, 3.63) is 98.7 Å². The van der Waals surface area contributed by atoms with Gasteiger partial charge in [0.15, 0.2) is 15.5 Å². The lowest BCUT2D eigenvalue weighted by Crippen LogP contribution is -2.44. The average Bonchev–Trinajstić information content (AvgIpc) is 1.76. The van der Waals surface area contributed by atoms with Gasteiger partial charge in [-0.15, -0.1) is 0 Å². The van der Waals surface area contributed by atoms with E-state index < -0.39 is 207 Å². The molecule has 3 aromatic heterocycles. The van der Waals surface area contributed by atoms with E-state index in [9.17, 15) is 81.2 Å². The van der Waals surface area contributed by atoms with Crippen LogP contribution in [0.5, 0.6) is 0 Å². The molecule has 5 aromatic rings. The van der Waals surface area contributed by atoms with E-state index in [0.29, 0.717) is 15.6 Å². The van der Waals surface area contributed by atoms with Gasteiger partial charge in [-0.25, -0.2) is 44.6 Å². The second-order valence-electron chi connectivity index (χ2n) is 21.0. The van der Waals surface area contributed by atoms with Gasteiger partial charge < -0.3 is 24.9 Å². The summed E-state index contributed by atoms with van der Waals surface area (Å²) in [5, 5.41) is 18.4. The molecule has 2 aromatic carbocycles. The van der Waals surface area contributed by atoms with Gasteiger partial charge in [0.2, 0.25) is 18.6 Å². The van der Waals surface area contributed by atoms with Crippen LogP contribution in [-0.4, -0.2) is 127 Å². The maximum absolute atomic E-state index is 15.7. The van der Waals surface area contributed by atoms with Gasteiger partial charge in [-0.05, 0) is 79.8 Å². The van der Waals surface area contributed by atoms with Crippen molar-refractivity contribution in [2.75, 3.05) is 26.1 Å². The van der Waals surface area contributed by atoms with Crippen LogP contribution in [0.15, 0.2) is 42.5 Å². The molecule has 36 heteroatoms. The topological polar surface area (TPSA) is 303 Å². The monoisotopic (exact) mass is 1290 g/mol. The molecule has 0 aliphatic heterocycles. The zero-order valence-corrected chi connectivity index (χ0v) is 47.8. The van der Waals surface area contributed by atoms with Crippen LogP contribution in [0, 0.1) is 34.8 Å². The van der Waals surface area contributed by atoms with Crippen molar-refractivity contribution in [3.8, 4) is 23.0 Å². The number of phosphoric acid groups is 1. The summed E-state index contributed by atoms with van der Waals surface area (Å²) in [6, 6.07) is 4.62. The number of alkyl halides is 8. The molecule has 462 valence electrons. The molecule has 3 heterocycles. The number of carboxylic acid groups (broad SMARTS) is 1. The Morgan fingerprint density at radius 3 is 2.20 bits per heavy atom. The van der Waals surface area contributed by atoms with E-state index in [1.54, 1.807) is 0 Å². The molecule has 1 saturated carbocycles. The Hall–Kier alpha value is -6.73. The molecule has 0 saturated heterocycles. The van der Waals surface area contributed by atoms with Crippen molar-refractivity contribution >= 4 is 75.3 Å². The van der Waals surface area contributed by atoms with Crippen molar-refractivity contribution in [3.63, 3.8) is 0 Å². The molecular formula is C49H48ClF10N8O14PS2. The van der Waals surface area contributed by atoms with Crippen LogP contribution in [0.2, 0.25) is 5.02 Å². The molecule has 7 rings (SSSR count). The van der Waals surface area contributed by atoms with Gasteiger partial charge in [0.05, 0.1) is 34.5 Å². The predicted octanol–water partition coefficient (Wildman–Crippen LogP) is 7.76. The van der Waals surface area contributed by atoms with Crippen LogP contribution in [0.25, 0.3) is 22.0 Å². The Morgan fingerprint density at radius 2 is 1.62 bits per heavy atom. The molecule has 2 aliphatic rings. The minimum absolute atomic E-state index is 0.165. The number of carbonyl (C=O) groups is 4. The van der Waals surface area contributed by atoms with Gasteiger partial charge >= 0.3 is 32.2 Å². The number of ether oxygens (including phenoxy) is 1. The number of nitrogens with one attached hydrogen (secondary N) is 1. The molecule has 0 radical (unpaired) electrons. The first-order valence-corrected chi connectivity index (χ1v) is 29.4. The number of hydrogen-bond acceptors (Lipinski definition) is 13. The number of amides is 3. The fraction of sp³-hybridized carbons (Fsp3) is 0.449. The molecule has 3 amide bonds. The van der Waals surface area contributed by atoms with E-state index in [0.717, 1.165) is 42.7 Å². The number of carboxylic acids is 1. The van der Waals surface area contributed by atoms with Crippen molar-refractivity contribution in [1.82, 2.24) is 39.1 Å². The fourth-order valence-electron chi connectivity index (χ4n) is 9.48. The summed E-state index contributed by atoms with van der Waals surface area (Å²) < 4.78 is 216. The largest absolute Gasteiger partial charge is 0.480 e. The van der Waals surface area contributed by atoms with Crippen molar-refractivity contribution in [1.29, 1.82) is 0 Å². The Bertz CT molecular complexity index is 3750. The van der Waals surface area contributed by atoms with E-state index in [1.165, 1.54) is 27.7 Å². The number of aromatic nitrogens is 5. The van der Waals surface area contributed by atoms with Crippen LogP contribution in [-0.2, 0) is 87.5 Å². The maximum atomic E-state index is 15.7. The summed E-state index contributed by atoms with van der Waals surface area (Å²) in [7, 11) is -9.14. The number of pyridine rings is 1. The maximum Gasteiger partial charge on any atom is 0.472 e. The minimum atomic E-state index is -5.26. The van der Waals surface area contributed by atoms with E-state index in [2.05, 4.69) is 41.6 Å². The lowest BCUT2D eigenvalue weighted by Gasteiger charge is -2.32. The molecule has 22 nitrogen and oxygen atoms in total. The summed E-state index contributed by atoms with van der Waals surface area (Å²) in [5.41, 5.74) is -8.25. The van der Waals surface area contributed by atoms with Crippen molar-refractivity contribution in [2.24, 2.45) is 11.3 Å². The first-order valence-electron chi connectivity index (χ1n) is 24.5. The number of aliphatic carboxylic acids is 1. The number of sulfone groups is 1. The first-order chi connectivity index (χ1) is 39.0. The first kappa shape index (κ1) is 65.8. The highest BCUT2D eigenvalue weighted by Crippen LogP contribution is 2.68. The zero-order chi connectivity index (χ0) is 63.5. The van der Waals surface area contributed by atoms with E-state index in [4.69, 9.17) is 21.4 Å². The average molecular weight is 1290 g/mol. The van der Waals surface area contributed by atoms with Gasteiger partial charge in [-0.3, -0.25) is 33.2 Å². The van der Waals surface area contributed by atoms with Gasteiger partial charge in [0, 0.05) is 53.3 Å². The number of benzene rings is 2. The number of phosphoric ester groups is 1. The lowest BCUT2D eigenvalue weighted by molar-refractivity contribution is -0.143. The number of nitrogens with zero attached hydrogens (tertiary/aromatic N) is 7. The second kappa shape index (κ2) is 23.9. The number of hydrogen-bond donors (Lipinski definition) is 5. The van der Waals surface area contributed by atoms with Crippen LogP contribution in [0.4, 0.5) is 48.7 Å². The number of carbonyl (C=O) groups excluding carboxylic acids is 3. The Morgan fingerprint density at radius 1 is 0.988 bits per heavy atom. The summed E-state index contributed by atoms with van der Waals surface area (Å²) in [4.78, 5) is 75.6. The molecule has 5 N–H and O–H groups in total. The molecule has 2 unspecified atom stereocenters. The summed E-state index contributed by atoms with van der Waals surface area (Å²) in [6.07, 6.45) is -13.0. The molecule has 1 fully saturated rings. The van der Waals surface area contributed by atoms with E-state index >= 15 is 8.78 Å². The van der Waals surface area contributed by atoms with Crippen LogP contribution in [0.3, 0.4) is 0 Å². The second-order valence-corrected chi connectivity index (χ2v) is 26.2. The lowest BCUT2D eigenvalue weighted by atomic mass is 9.88. The van der Waals surface area contributed by atoms with Crippen LogP contribution in [0.1, 0.15) is 92.1 Å². The van der Waals surface area contributed by atoms with Crippen LogP contribution >= 0.6 is 19.4 Å². The smallest absolute Gasteiger partial charge is 0.472 e. The molecule has 4 atom stereocenters. The van der Waals surface area contributed by atoms with Gasteiger partial charge in [-0.1, -0.05) is 37.4 Å². The van der Waals surface area contributed by atoms with Gasteiger partial charge in [0.25, 0.3) is 17.2 Å². The van der Waals surface area contributed by atoms with E-state index in [-0.39, 0.29) is 37.8 Å². The third kappa shape index (κ3) is 15.5. The highest BCUT2D eigenvalue weighted by Gasteiger charge is 2.68. The minimum Gasteiger partial charge on any atom is -0.480 e. The molecule has 2 aliphatic carbocycles. The zero-order valence-electron chi connectivity index (χ0n) is 44.6. The predicted molar refractivity (Wildman–Crippen MR) is 276 cm³/mol. The highest BCUT2D eigenvalue weighted by molar-refractivity contribution is 7.92. The van der Waals surface area contributed by atoms with Crippen molar-refractivity contribution in [2.45, 2.75) is 102 Å². The van der Waals surface area contributed by atoms with E-state index in [1.807, 2.05) is 0 Å². The number of halogens is 11. The molecule has 85 heavy (non-hydrogen) atoms.